The molecular weight excluding hydrogens is 587 g/mol. The minimum Gasteiger partial charge on any atom is -0.455 e. The monoisotopic (exact) mass is 622 g/mol. The molecule has 4 heteroatoms. The molecule has 8 rings (SSSR count). The second-order valence-electron chi connectivity index (χ2n) is 13.2. The van der Waals surface area contributed by atoms with Gasteiger partial charge in [0.2, 0.25) is 0 Å². The summed E-state index contributed by atoms with van der Waals surface area (Å²) in [6, 6.07) is 47.0. The maximum absolute atomic E-state index is 9.54. The highest BCUT2D eigenvalue weighted by molar-refractivity contribution is 6.09. The van der Waals surface area contributed by atoms with Gasteiger partial charge in [-0.1, -0.05) is 107 Å². The van der Waals surface area contributed by atoms with Gasteiger partial charge in [0.25, 0.3) is 5.82 Å². The lowest BCUT2D eigenvalue weighted by Crippen LogP contribution is -2.35. The van der Waals surface area contributed by atoms with Crippen LogP contribution in [-0.2, 0) is 0 Å². The number of hydrogen-bond acceptors (Lipinski definition) is 2. The summed E-state index contributed by atoms with van der Waals surface area (Å²) in [6.45, 7) is 9.14. The molecule has 0 aliphatic heterocycles. The average Bonchev–Trinajstić information content (AvgIpc) is 3.69. The van der Waals surface area contributed by atoms with E-state index >= 15 is 0 Å². The number of nitrogens with zero attached hydrogens (tertiary/aromatic N) is 2. The number of rotatable bonds is 6. The first-order chi connectivity index (χ1) is 23.4. The maximum atomic E-state index is 9.54. The maximum Gasteiger partial charge on any atom is 0.296 e. The van der Waals surface area contributed by atoms with Crippen molar-refractivity contribution in [1.29, 1.82) is 5.26 Å². The molecule has 0 saturated heterocycles. The summed E-state index contributed by atoms with van der Waals surface area (Å²) in [5.74, 6) is 1.49. The zero-order valence-electron chi connectivity index (χ0n) is 27.6. The summed E-state index contributed by atoms with van der Waals surface area (Å²) < 4.78 is 8.96. The van der Waals surface area contributed by atoms with Crippen molar-refractivity contribution < 1.29 is 8.98 Å². The molecule has 232 valence electrons. The van der Waals surface area contributed by atoms with Crippen molar-refractivity contribution >= 4 is 33.0 Å². The predicted octanol–water partition coefficient (Wildman–Crippen LogP) is 11.5. The van der Waals surface area contributed by atoms with Gasteiger partial charge < -0.3 is 4.42 Å². The number of furan rings is 1. The van der Waals surface area contributed by atoms with Gasteiger partial charge >= 0.3 is 0 Å². The van der Waals surface area contributed by atoms with E-state index in [0.29, 0.717) is 11.1 Å². The number of nitriles is 1. The van der Waals surface area contributed by atoms with Crippen LogP contribution in [0.5, 0.6) is 0 Å². The van der Waals surface area contributed by atoms with Crippen LogP contribution >= 0.6 is 0 Å². The van der Waals surface area contributed by atoms with E-state index in [1.165, 1.54) is 39.1 Å². The lowest BCUT2D eigenvalue weighted by Gasteiger charge is -2.20. The topological polar surface area (TPSA) is 56.6 Å². The van der Waals surface area contributed by atoms with E-state index in [-0.39, 0.29) is 11.8 Å². The Morgan fingerprint density at radius 1 is 0.625 bits per heavy atom. The quantitative estimate of drug-likeness (QED) is 0.188. The number of imidazole rings is 1. The van der Waals surface area contributed by atoms with Crippen molar-refractivity contribution in [3.05, 3.63) is 144 Å². The molecule has 0 amide bonds. The summed E-state index contributed by atoms with van der Waals surface area (Å²) in [5, 5.41) is 11.6. The van der Waals surface area contributed by atoms with E-state index in [2.05, 4.69) is 153 Å². The fraction of sp³-hybridized carbons (Fsp3) is 0.136. The third-order valence-corrected chi connectivity index (χ3v) is 9.47. The minimum absolute atomic E-state index is 0.265. The Bertz CT molecular complexity index is 2480. The number of benzene rings is 6. The van der Waals surface area contributed by atoms with Crippen LogP contribution in [0, 0.1) is 11.3 Å². The highest BCUT2D eigenvalue weighted by atomic mass is 16.3. The molecule has 1 N–H and O–H groups in total. The summed E-state index contributed by atoms with van der Waals surface area (Å²) in [4.78, 5) is 3.79. The van der Waals surface area contributed by atoms with Crippen LogP contribution in [0.4, 0.5) is 0 Å². The summed E-state index contributed by atoms with van der Waals surface area (Å²) in [7, 11) is 0. The van der Waals surface area contributed by atoms with Gasteiger partial charge in [0, 0.05) is 21.9 Å². The van der Waals surface area contributed by atoms with Crippen molar-refractivity contribution in [2.75, 3.05) is 0 Å². The van der Waals surface area contributed by atoms with Crippen LogP contribution in [-0.4, -0.2) is 4.98 Å². The molecule has 6 aromatic carbocycles. The second-order valence-corrected chi connectivity index (χ2v) is 13.2. The molecule has 0 unspecified atom stereocenters. The molecule has 0 aliphatic carbocycles. The van der Waals surface area contributed by atoms with Gasteiger partial charge in [-0.15, -0.1) is 0 Å². The molecule has 4 nitrogen and oxygen atoms in total. The van der Waals surface area contributed by atoms with Gasteiger partial charge in [-0.3, -0.25) is 0 Å². The Hall–Kier alpha value is -5.92. The largest absolute Gasteiger partial charge is 0.455 e. The van der Waals surface area contributed by atoms with Gasteiger partial charge in [-0.2, -0.15) is 9.83 Å². The van der Waals surface area contributed by atoms with Gasteiger partial charge in [0.1, 0.15) is 16.8 Å². The Morgan fingerprint density at radius 3 is 1.96 bits per heavy atom. The molecule has 0 radical (unpaired) electrons. The Balaban J connectivity index is 1.37. The lowest BCUT2D eigenvalue weighted by molar-refractivity contribution is -0.556. The summed E-state index contributed by atoms with van der Waals surface area (Å²) in [6.07, 6.45) is 0. The zero-order valence-corrected chi connectivity index (χ0v) is 27.6. The molecule has 0 bridgehead atoms. The SMILES string of the molecule is CC(C)c1cc(-c2ccc(-c3ccccc3)cc2)cc(C(C)C)c1-[n+]1c(-c2cccc3c2oc2cc(C#N)ccc23)[nH]c2ccccc21. The molecule has 0 atom stereocenters. The zero-order chi connectivity index (χ0) is 32.9. The molecule has 0 aliphatic rings. The van der Waals surface area contributed by atoms with Crippen LogP contribution < -0.4 is 4.57 Å². The van der Waals surface area contributed by atoms with Crippen molar-refractivity contribution in [3.8, 4) is 45.4 Å². The number of para-hydroxylation sites is 3. The molecule has 0 spiro atoms. The Kier molecular flexibility index (Phi) is 7.19. The van der Waals surface area contributed by atoms with Crippen LogP contribution in [0.1, 0.15) is 56.2 Å². The van der Waals surface area contributed by atoms with Gasteiger partial charge in [-0.25, -0.2) is 4.98 Å². The van der Waals surface area contributed by atoms with Crippen LogP contribution in [0.15, 0.2) is 132 Å². The highest BCUT2D eigenvalue weighted by Gasteiger charge is 2.30. The van der Waals surface area contributed by atoms with E-state index < -0.39 is 0 Å². The van der Waals surface area contributed by atoms with E-state index in [4.69, 9.17) is 4.42 Å². The number of nitrogens with one attached hydrogen (secondary N) is 1. The van der Waals surface area contributed by atoms with Crippen molar-refractivity contribution in [2.24, 2.45) is 0 Å². The molecule has 2 heterocycles. The number of hydrogen-bond donors (Lipinski definition) is 1. The van der Waals surface area contributed by atoms with Crippen LogP contribution in [0.2, 0.25) is 0 Å². The lowest BCUT2D eigenvalue weighted by atomic mass is 9.87. The number of fused-ring (bicyclic) bond motifs is 4. The molecule has 0 saturated carbocycles. The van der Waals surface area contributed by atoms with Crippen LogP contribution in [0.3, 0.4) is 0 Å². The van der Waals surface area contributed by atoms with E-state index in [1.807, 2.05) is 18.2 Å². The third-order valence-electron chi connectivity index (χ3n) is 9.47. The average molecular weight is 623 g/mol. The fourth-order valence-electron chi connectivity index (χ4n) is 7.02. The first-order valence-corrected chi connectivity index (χ1v) is 16.6. The Morgan fingerprint density at radius 2 is 1.27 bits per heavy atom. The van der Waals surface area contributed by atoms with E-state index in [9.17, 15) is 5.26 Å². The first-order valence-electron chi connectivity index (χ1n) is 16.6. The molecule has 8 aromatic rings. The number of H-pyrrole nitrogens is 1. The van der Waals surface area contributed by atoms with Crippen LogP contribution in [0.25, 0.3) is 72.3 Å². The third kappa shape index (κ3) is 4.87. The minimum atomic E-state index is 0.265. The van der Waals surface area contributed by atoms with Crippen molar-refractivity contribution in [3.63, 3.8) is 0 Å². The van der Waals surface area contributed by atoms with Gasteiger partial charge in [0.15, 0.2) is 16.6 Å². The van der Waals surface area contributed by atoms with E-state index in [0.717, 1.165) is 38.8 Å². The molecule has 2 aromatic heterocycles. The highest BCUT2D eigenvalue weighted by Crippen LogP contribution is 2.39. The van der Waals surface area contributed by atoms with Crippen molar-refractivity contribution in [2.45, 2.75) is 39.5 Å². The summed E-state index contributed by atoms with van der Waals surface area (Å²) >= 11 is 0. The smallest absolute Gasteiger partial charge is 0.296 e. The second kappa shape index (κ2) is 11.7. The number of aromatic nitrogens is 2. The summed E-state index contributed by atoms with van der Waals surface area (Å²) in [5.41, 5.74) is 13.9. The Labute approximate surface area is 280 Å². The fourth-order valence-corrected chi connectivity index (χ4v) is 7.02. The predicted molar refractivity (Wildman–Crippen MR) is 196 cm³/mol. The molecule has 0 fully saturated rings. The van der Waals surface area contributed by atoms with Crippen molar-refractivity contribution in [1.82, 2.24) is 4.98 Å². The van der Waals surface area contributed by atoms with Gasteiger partial charge in [0.05, 0.1) is 11.6 Å². The standard InChI is InChI=1S/C44H35N3O/c1-27(2)37-24-33(32-20-18-31(19-21-32)30-11-6-5-7-12-30)25-38(28(3)4)42(37)47-40-16-9-8-15-39(40)46-44(47)36-14-10-13-35-34-22-17-29(26-45)23-41(34)48-43(35)36/h5-25,27-28H,1-4H3/p+1. The molecule has 48 heavy (non-hydrogen) atoms. The van der Waals surface area contributed by atoms with Gasteiger partial charge in [-0.05, 0) is 82.6 Å². The van der Waals surface area contributed by atoms with E-state index in [1.54, 1.807) is 0 Å². The molecular formula is C44H36N3O+. The number of aromatic amines is 1. The first kappa shape index (κ1) is 29.5. The normalized spacial score (nSPS) is 11.7.